The molecule has 0 aliphatic carbocycles. The highest BCUT2D eigenvalue weighted by atomic mass is 32.1. The third kappa shape index (κ3) is 6.15. The van der Waals surface area contributed by atoms with E-state index in [-0.39, 0.29) is 24.3 Å². The van der Waals surface area contributed by atoms with Gasteiger partial charge in [-0.2, -0.15) is 5.10 Å². The molecule has 2 aromatic heterocycles. The number of methoxy groups -OCH3 is 1. The van der Waals surface area contributed by atoms with Crippen LogP contribution in [0.1, 0.15) is 28.9 Å². The minimum atomic E-state index is -0.971. The number of hydrogen-bond donors (Lipinski definition) is 2. The van der Waals surface area contributed by atoms with E-state index in [1.54, 1.807) is 18.0 Å². The second-order valence-corrected chi connectivity index (χ2v) is 10.9. The maximum absolute atomic E-state index is 13.9. The lowest BCUT2D eigenvalue weighted by molar-refractivity contribution is -0.143. The lowest BCUT2D eigenvalue weighted by Gasteiger charge is -2.40. The number of nitrogens with zero attached hydrogens (tertiary/aromatic N) is 4. The van der Waals surface area contributed by atoms with Gasteiger partial charge in [0.2, 0.25) is 11.8 Å². The Morgan fingerprint density at radius 3 is 2.49 bits per heavy atom. The fraction of sp³-hybridized carbons (Fsp3) is 0.429. The van der Waals surface area contributed by atoms with Crippen LogP contribution in [-0.2, 0) is 16.1 Å². The molecular formula is C28H34N6O4S. The van der Waals surface area contributed by atoms with Crippen LogP contribution in [-0.4, -0.2) is 89.2 Å². The molecule has 0 radical (unpaired) electrons. The molecule has 2 aliphatic heterocycles. The first-order valence-electron chi connectivity index (χ1n) is 13.3. The summed E-state index contributed by atoms with van der Waals surface area (Å²) in [6.45, 7) is 3.40. The quantitative estimate of drug-likeness (QED) is 0.467. The fourth-order valence-corrected chi connectivity index (χ4v) is 5.94. The molecule has 10 nitrogen and oxygen atoms in total. The molecule has 0 unspecified atom stereocenters. The van der Waals surface area contributed by atoms with Gasteiger partial charge in [-0.25, -0.2) is 0 Å². The van der Waals surface area contributed by atoms with Crippen LogP contribution >= 0.6 is 11.3 Å². The molecule has 5 rings (SSSR count). The lowest BCUT2D eigenvalue weighted by atomic mass is 9.86. The zero-order valence-electron chi connectivity index (χ0n) is 22.1. The van der Waals surface area contributed by atoms with Gasteiger partial charge in [0.25, 0.3) is 5.91 Å². The van der Waals surface area contributed by atoms with Gasteiger partial charge in [-0.05, 0) is 74.1 Å². The third-order valence-electron chi connectivity index (χ3n) is 7.38. The zero-order valence-corrected chi connectivity index (χ0v) is 22.9. The SMILES string of the molecule is COc1ccc(-c2ccn(CC(=O)NC3(C(=O)N4CCCN(C(=O)c5cccs5)CC4)CCNCC3)n2)cc1. The number of aromatic nitrogens is 2. The Bertz CT molecular complexity index is 1280. The van der Waals surface area contributed by atoms with E-state index in [4.69, 9.17) is 4.74 Å². The summed E-state index contributed by atoms with van der Waals surface area (Å²) in [6.07, 6.45) is 3.50. The number of benzene rings is 1. The van der Waals surface area contributed by atoms with Crippen molar-refractivity contribution in [2.24, 2.45) is 0 Å². The van der Waals surface area contributed by atoms with Crippen LogP contribution in [0.5, 0.6) is 5.75 Å². The number of piperidine rings is 1. The highest BCUT2D eigenvalue weighted by molar-refractivity contribution is 7.12. The first-order chi connectivity index (χ1) is 19.0. The highest BCUT2D eigenvalue weighted by Gasteiger charge is 2.43. The van der Waals surface area contributed by atoms with E-state index in [1.165, 1.54) is 11.3 Å². The predicted octanol–water partition coefficient (Wildman–Crippen LogP) is 2.23. The van der Waals surface area contributed by atoms with E-state index >= 15 is 0 Å². The van der Waals surface area contributed by atoms with E-state index in [0.29, 0.717) is 63.4 Å². The molecule has 2 aliphatic rings. The molecule has 3 amide bonds. The first-order valence-corrected chi connectivity index (χ1v) is 14.2. The largest absolute Gasteiger partial charge is 0.497 e. The molecule has 4 heterocycles. The summed E-state index contributed by atoms with van der Waals surface area (Å²) in [5.74, 6) is 0.458. The highest BCUT2D eigenvalue weighted by Crippen LogP contribution is 2.24. The molecule has 0 atom stereocenters. The minimum absolute atomic E-state index is 0.0115. The summed E-state index contributed by atoms with van der Waals surface area (Å²) in [6, 6.07) is 13.1. The molecular weight excluding hydrogens is 516 g/mol. The van der Waals surface area contributed by atoms with Crippen molar-refractivity contribution >= 4 is 29.1 Å². The number of thiophene rings is 1. The third-order valence-corrected chi connectivity index (χ3v) is 8.24. The molecule has 1 aromatic carbocycles. The van der Waals surface area contributed by atoms with Crippen molar-refractivity contribution in [2.75, 3.05) is 46.4 Å². The van der Waals surface area contributed by atoms with E-state index in [1.807, 2.05) is 57.6 Å². The Morgan fingerprint density at radius 2 is 1.77 bits per heavy atom. The maximum Gasteiger partial charge on any atom is 0.263 e. The average molecular weight is 551 g/mol. The van der Waals surface area contributed by atoms with Gasteiger partial charge in [0.15, 0.2) is 0 Å². The van der Waals surface area contributed by atoms with Crippen LogP contribution in [0.2, 0.25) is 0 Å². The molecule has 11 heteroatoms. The summed E-state index contributed by atoms with van der Waals surface area (Å²) >= 11 is 1.43. The Kier molecular flexibility index (Phi) is 8.27. The molecule has 0 spiro atoms. The van der Waals surface area contributed by atoms with E-state index < -0.39 is 5.54 Å². The number of hydrogen-bond acceptors (Lipinski definition) is 7. The summed E-state index contributed by atoms with van der Waals surface area (Å²) in [5, 5.41) is 12.8. The van der Waals surface area contributed by atoms with Crippen molar-refractivity contribution in [3.63, 3.8) is 0 Å². The normalized spacial score (nSPS) is 17.4. The molecule has 206 valence electrons. The molecule has 2 N–H and O–H groups in total. The Morgan fingerprint density at radius 1 is 1.03 bits per heavy atom. The summed E-state index contributed by atoms with van der Waals surface area (Å²) in [7, 11) is 1.62. The van der Waals surface area contributed by atoms with Crippen LogP contribution in [0.3, 0.4) is 0 Å². The Labute approximate surface area is 231 Å². The Hall–Kier alpha value is -3.70. The van der Waals surface area contributed by atoms with Crippen molar-refractivity contribution in [1.29, 1.82) is 0 Å². The van der Waals surface area contributed by atoms with Crippen molar-refractivity contribution in [3.05, 3.63) is 58.9 Å². The lowest BCUT2D eigenvalue weighted by Crippen LogP contribution is -2.64. The molecule has 39 heavy (non-hydrogen) atoms. The average Bonchev–Trinajstić information content (AvgIpc) is 3.61. The van der Waals surface area contributed by atoms with Crippen LogP contribution in [0, 0.1) is 0 Å². The topological polar surface area (TPSA) is 109 Å². The van der Waals surface area contributed by atoms with Gasteiger partial charge >= 0.3 is 0 Å². The molecule has 0 saturated carbocycles. The second kappa shape index (κ2) is 12.0. The van der Waals surface area contributed by atoms with Crippen LogP contribution in [0.25, 0.3) is 11.3 Å². The van der Waals surface area contributed by atoms with Crippen molar-refractivity contribution in [2.45, 2.75) is 31.3 Å². The Balaban J connectivity index is 1.23. The van der Waals surface area contributed by atoms with Gasteiger partial charge in [-0.1, -0.05) is 6.07 Å². The number of ether oxygens (including phenoxy) is 1. The number of carbonyl (C=O) groups excluding carboxylic acids is 3. The zero-order chi connectivity index (χ0) is 27.2. The van der Waals surface area contributed by atoms with Gasteiger partial charge < -0.3 is 25.2 Å². The molecule has 3 aromatic rings. The first kappa shape index (κ1) is 26.9. The smallest absolute Gasteiger partial charge is 0.263 e. The summed E-state index contributed by atoms with van der Waals surface area (Å²) in [4.78, 5) is 44.3. The van der Waals surface area contributed by atoms with Gasteiger partial charge in [0.1, 0.15) is 17.8 Å². The summed E-state index contributed by atoms with van der Waals surface area (Å²) < 4.78 is 6.81. The van der Waals surface area contributed by atoms with Crippen LogP contribution in [0.4, 0.5) is 0 Å². The van der Waals surface area contributed by atoms with Crippen molar-refractivity contribution in [3.8, 4) is 17.0 Å². The van der Waals surface area contributed by atoms with Crippen LogP contribution < -0.4 is 15.4 Å². The van der Waals surface area contributed by atoms with Crippen molar-refractivity contribution in [1.82, 2.24) is 30.2 Å². The van der Waals surface area contributed by atoms with Crippen molar-refractivity contribution < 1.29 is 19.1 Å². The van der Waals surface area contributed by atoms with Gasteiger partial charge in [-0.3, -0.25) is 19.1 Å². The van der Waals surface area contributed by atoms with E-state index in [9.17, 15) is 14.4 Å². The monoisotopic (exact) mass is 550 g/mol. The molecule has 2 fully saturated rings. The maximum atomic E-state index is 13.9. The summed E-state index contributed by atoms with van der Waals surface area (Å²) in [5.41, 5.74) is 0.707. The standard InChI is InChI=1S/C28H34N6O4S/c1-38-22-7-5-21(6-8-22)23-9-16-34(31-23)20-25(35)30-28(10-12-29-13-11-28)27(37)33-15-3-14-32(17-18-33)26(36)24-4-2-19-39-24/h2,4-9,16,19,29H,3,10-15,17-18,20H2,1H3,(H,30,35). The number of carbonyl (C=O) groups is 3. The molecule has 0 bridgehead atoms. The number of rotatable bonds is 7. The van der Waals surface area contributed by atoms with E-state index in [0.717, 1.165) is 17.0 Å². The minimum Gasteiger partial charge on any atom is -0.497 e. The van der Waals surface area contributed by atoms with Gasteiger partial charge in [0.05, 0.1) is 17.7 Å². The predicted molar refractivity (Wildman–Crippen MR) is 149 cm³/mol. The van der Waals surface area contributed by atoms with Crippen LogP contribution in [0.15, 0.2) is 54.0 Å². The van der Waals surface area contributed by atoms with Gasteiger partial charge in [0, 0.05) is 37.9 Å². The van der Waals surface area contributed by atoms with E-state index in [2.05, 4.69) is 15.7 Å². The second-order valence-electron chi connectivity index (χ2n) is 9.92. The number of amides is 3. The van der Waals surface area contributed by atoms with Gasteiger partial charge in [-0.15, -0.1) is 11.3 Å². The molecule has 2 saturated heterocycles. The fourth-order valence-electron chi connectivity index (χ4n) is 5.25. The number of nitrogens with one attached hydrogen (secondary N) is 2.